The second-order valence-electron chi connectivity index (χ2n) is 4.24. The number of hydrogen-bond donors (Lipinski definition) is 0. The molecule has 17 heavy (non-hydrogen) atoms. The molecular weight excluding hydrogens is 212 g/mol. The Bertz CT molecular complexity index is 478. The smallest absolute Gasteiger partial charge is 0.333 e. The first kappa shape index (κ1) is 11.6. The molecule has 0 unspecified atom stereocenters. The fourth-order valence-corrected chi connectivity index (χ4v) is 1.95. The number of carbonyl (C=O) groups excluding carboxylic acids is 1. The second-order valence-corrected chi connectivity index (χ2v) is 4.24. The average molecular weight is 228 g/mol. The summed E-state index contributed by atoms with van der Waals surface area (Å²) in [4.78, 5) is 11.3. The predicted octanol–water partition coefficient (Wildman–Crippen LogP) is 3.27. The lowest BCUT2D eigenvalue weighted by atomic mass is 9.93. The molecule has 0 saturated heterocycles. The third kappa shape index (κ3) is 2.64. The van der Waals surface area contributed by atoms with Crippen molar-refractivity contribution in [1.29, 1.82) is 0 Å². The van der Waals surface area contributed by atoms with Crippen LogP contribution in [0.3, 0.4) is 0 Å². The summed E-state index contributed by atoms with van der Waals surface area (Å²) in [5.74, 6) is -0.218. The van der Waals surface area contributed by atoms with Gasteiger partial charge in [0.05, 0.1) is 7.11 Å². The van der Waals surface area contributed by atoms with Gasteiger partial charge in [-0.3, -0.25) is 0 Å². The molecule has 0 aliphatic heterocycles. The van der Waals surface area contributed by atoms with Crippen molar-refractivity contribution in [3.63, 3.8) is 0 Å². The second kappa shape index (κ2) is 5.00. The molecule has 0 aromatic heterocycles. The molecule has 1 aliphatic rings. The Morgan fingerprint density at radius 3 is 2.35 bits per heavy atom. The Kier molecular flexibility index (Phi) is 3.43. The summed E-state index contributed by atoms with van der Waals surface area (Å²) in [5.41, 5.74) is 4.52. The molecule has 0 atom stereocenters. The summed E-state index contributed by atoms with van der Waals surface area (Å²) in [6.07, 6.45) is 5.53. The highest BCUT2D eigenvalue weighted by Crippen LogP contribution is 2.27. The van der Waals surface area contributed by atoms with Crippen LogP contribution in [0.25, 0.3) is 5.57 Å². The molecule has 2 nitrogen and oxygen atoms in total. The van der Waals surface area contributed by atoms with Crippen LogP contribution in [0.15, 0.2) is 42.0 Å². The summed E-state index contributed by atoms with van der Waals surface area (Å²) < 4.78 is 4.71. The molecule has 1 aliphatic carbocycles. The van der Waals surface area contributed by atoms with Gasteiger partial charge in [-0.1, -0.05) is 42.0 Å². The van der Waals surface area contributed by atoms with Crippen molar-refractivity contribution in [1.82, 2.24) is 0 Å². The number of hydrogen-bond acceptors (Lipinski definition) is 2. The van der Waals surface area contributed by atoms with Gasteiger partial charge >= 0.3 is 5.97 Å². The maximum Gasteiger partial charge on any atom is 0.333 e. The Morgan fingerprint density at radius 2 is 1.82 bits per heavy atom. The Hall–Kier alpha value is -1.83. The van der Waals surface area contributed by atoms with Crippen LogP contribution in [0, 0.1) is 6.92 Å². The normalized spacial score (nSPS) is 14.9. The van der Waals surface area contributed by atoms with Crippen molar-refractivity contribution < 1.29 is 9.53 Å². The van der Waals surface area contributed by atoms with Crippen molar-refractivity contribution in [3.8, 4) is 0 Å². The van der Waals surface area contributed by atoms with Gasteiger partial charge < -0.3 is 4.74 Å². The number of methoxy groups -OCH3 is 1. The molecular formula is C15H16O2. The summed E-state index contributed by atoms with van der Waals surface area (Å²) >= 11 is 0. The van der Waals surface area contributed by atoms with Crippen LogP contribution >= 0.6 is 0 Å². The van der Waals surface area contributed by atoms with Crippen molar-refractivity contribution in [2.24, 2.45) is 0 Å². The molecule has 1 aromatic carbocycles. The molecule has 2 heteroatoms. The summed E-state index contributed by atoms with van der Waals surface area (Å²) in [5, 5.41) is 0. The van der Waals surface area contributed by atoms with Crippen LogP contribution in [0.4, 0.5) is 0 Å². The van der Waals surface area contributed by atoms with E-state index in [2.05, 4.69) is 31.2 Å². The van der Waals surface area contributed by atoms with Crippen LogP contribution in [0.2, 0.25) is 0 Å². The highest BCUT2D eigenvalue weighted by molar-refractivity contribution is 5.90. The number of carbonyl (C=O) groups is 1. The van der Waals surface area contributed by atoms with Crippen LogP contribution in [-0.4, -0.2) is 13.1 Å². The fraction of sp³-hybridized carbons (Fsp3) is 0.267. The molecule has 0 N–H and O–H groups in total. The van der Waals surface area contributed by atoms with Gasteiger partial charge in [0.25, 0.3) is 0 Å². The van der Waals surface area contributed by atoms with Gasteiger partial charge in [-0.15, -0.1) is 0 Å². The lowest BCUT2D eigenvalue weighted by Crippen LogP contribution is -2.07. The van der Waals surface area contributed by atoms with Gasteiger partial charge in [0.1, 0.15) is 0 Å². The molecule has 0 spiro atoms. The quantitative estimate of drug-likeness (QED) is 0.726. The minimum absolute atomic E-state index is 0.218. The Labute approximate surface area is 102 Å². The third-order valence-corrected chi connectivity index (χ3v) is 3.02. The van der Waals surface area contributed by atoms with Gasteiger partial charge in [-0.2, -0.15) is 0 Å². The molecule has 0 bridgehead atoms. The molecule has 0 heterocycles. The number of rotatable bonds is 2. The van der Waals surface area contributed by atoms with Gasteiger partial charge in [0, 0.05) is 5.57 Å². The zero-order valence-corrected chi connectivity index (χ0v) is 10.2. The number of ether oxygens (including phenoxy) is 1. The molecule has 0 saturated carbocycles. The summed E-state index contributed by atoms with van der Waals surface area (Å²) in [6, 6.07) is 8.46. The minimum atomic E-state index is -0.218. The monoisotopic (exact) mass is 228 g/mol. The number of esters is 1. The van der Waals surface area contributed by atoms with Crippen LogP contribution in [0.1, 0.15) is 24.0 Å². The van der Waals surface area contributed by atoms with E-state index in [1.807, 2.05) is 12.2 Å². The maximum atomic E-state index is 11.3. The van der Waals surface area contributed by atoms with E-state index in [1.54, 1.807) is 0 Å². The first-order valence-electron chi connectivity index (χ1n) is 5.76. The van der Waals surface area contributed by atoms with Crippen LogP contribution in [-0.2, 0) is 9.53 Å². The topological polar surface area (TPSA) is 26.3 Å². The van der Waals surface area contributed by atoms with E-state index >= 15 is 0 Å². The zero-order chi connectivity index (χ0) is 12.3. The fourth-order valence-electron chi connectivity index (χ4n) is 1.95. The highest BCUT2D eigenvalue weighted by Gasteiger charge is 2.14. The summed E-state index contributed by atoms with van der Waals surface area (Å²) in [6.45, 7) is 2.08. The molecule has 88 valence electrons. The molecule has 0 radical (unpaired) electrons. The van der Waals surface area contributed by atoms with E-state index in [4.69, 9.17) is 4.74 Å². The Morgan fingerprint density at radius 1 is 1.12 bits per heavy atom. The zero-order valence-electron chi connectivity index (χ0n) is 10.2. The number of allylic oxidation sites excluding steroid dienone is 3. The third-order valence-electron chi connectivity index (χ3n) is 3.02. The SMILES string of the molecule is COC(=O)C1=CC=C(c2ccc(C)cc2)CC1. The Balaban J connectivity index is 2.20. The van der Waals surface area contributed by atoms with Crippen LogP contribution in [0.5, 0.6) is 0 Å². The van der Waals surface area contributed by atoms with Crippen molar-refractivity contribution in [2.75, 3.05) is 7.11 Å². The van der Waals surface area contributed by atoms with E-state index in [0.29, 0.717) is 0 Å². The lowest BCUT2D eigenvalue weighted by Gasteiger charge is -2.13. The minimum Gasteiger partial charge on any atom is -0.466 e. The standard InChI is InChI=1S/C15H16O2/c1-11-3-5-12(6-4-11)13-7-9-14(10-8-13)15(16)17-2/h3-7,9H,8,10H2,1-2H3. The molecule has 1 aromatic rings. The maximum absolute atomic E-state index is 11.3. The predicted molar refractivity (Wildman–Crippen MR) is 68.5 cm³/mol. The van der Waals surface area contributed by atoms with Crippen molar-refractivity contribution in [2.45, 2.75) is 19.8 Å². The van der Waals surface area contributed by atoms with Crippen molar-refractivity contribution >= 4 is 11.5 Å². The van der Waals surface area contributed by atoms with E-state index in [9.17, 15) is 4.79 Å². The first-order valence-corrected chi connectivity index (χ1v) is 5.76. The van der Waals surface area contributed by atoms with Gasteiger partial charge in [0.2, 0.25) is 0 Å². The van der Waals surface area contributed by atoms with Gasteiger partial charge in [-0.25, -0.2) is 4.79 Å². The van der Waals surface area contributed by atoms with Gasteiger partial charge in [0.15, 0.2) is 0 Å². The number of benzene rings is 1. The van der Waals surface area contributed by atoms with E-state index in [0.717, 1.165) is 18.4 Å². The van der Waals surface area contributed by atoms with E-state index in [-0.39, 0.29) is 5.97 Å². The van der Waals surface area contributed by atoms with Crippen molar-refractivity contribution in [3.05, 3.63) is 53.1 Å². The van der Waals surface area contributed by atoms with Crippen LogP contribution < -0.4 is 0 Å². The average Bonchev–Trinajstić information content (AvgIpc) is 2.39. The molecule has 0 amide bonds. The summed E-state index contributed by atoms with van der Waals surface area (Å²) in [7, 11) is 1.42. The molecule has 2 rings (SSSR count). The van der Waals surface area contributed by atoms with Gasteiger partial charge in [-0.05, 0) is 30.9 Å². The lowest BCUT2D eigenvalue weighted by molar-refractivity contribution is -0.136. The van der Waals surface area contributed by atoms with E-state index < -0.39 is 0 Å². The first-order chi connectivity index (χ1) is 8.20. The number of aryl methyl sites for hydroxylation is 1. The van der Waals surface area contributed by atoms with E-state index in [1.165, 1.54) is 23.8 Å². The largest absolute Gasteiger partial charge is 0.466 e. The molecule has 0 fully saturated rings. The highest BCUT2D eigenvalue weighted by atomic mass is 16.5.